The molecule has 0 aliphatic heterocycles. The van der Waals surface area contributed by atoms with Crippen molar-refractivity contribution in [1.29, 1.82) is 0 Å². The highest BCUT2D eigenvalue weighted by Gasteiger charge is 2.12. The van der Waals surface area contributed by atoms with Crippen molar-refractivity contribution in [2.75, 3.05) is 0 Å². The summed E-state index contributed by atoms with van der Waals surface area (Å²) in [5, 5.41) is 13.0. The number of halogens is 1. The first-order valence-corrected chi connectivity index (χ1v) is 7.93. The number of hydrogen-bond acceptors (Lipinski definition) is 3. The van der Waals surface area contributed by atoms with E-state index in [0.717, 1.165) is 27.7 Å². The van der Waals surface area contributed by atoms with Crippen molar-refractivity contribution in [2.24, 2.45) is 5.10 Å². The molecule has 0 saturated heterocycles. The SMILES string of the molecule is Cc1c(/C=N\n2cnnc2)c2ccccc2n1Cc1ccc(F)cc1. The van der Waals surface area contributed by atoms with Gasteiger partial charge in [0.2, 0.25) is 0 Å². The van der Waals surface area contributed by atoms with Crippen LogP contribution in [-0.4, -0.2) is 25.7 Å². The maximum absolute atomic E-state index is 13.2. The van der Waals surface area contributed by atoms with Crippen LogP contribution in [-0.2, 0) is 6.54 Å². The highest BCUT2D eigenvalue weighted by Crippen LogP contribution is 2.25. The van der Waals surface area contributed by atoms with E-state index in [1.54, 1.807) is 17.3 Å². The maximum Gasteiger partial charge on any atom is 0.141 e. The summed E-state index contributed by atoms with van der Waals surface area (Å²) in [4.78, 5) is 0. The predicted molar refractivity (Wildman–Crippen MR) is 95.2 cm³/mol. The van der Waals surface area contributed by atoms with Crippen LogP contribution in [0.15, 0.2) is 66.3 Å². The summed E-state index contributed by atoms with van der Waals surface area (Å²) in [5.74, 6) is -0.223. The van der Waals surface area contributed by atoms with E-state index < -0.39 is 0 Å². The average Bonchev–Trinajstić information content (AvgIpc) is 3.23. The van der Waals surface area contributed by atoms with Gasteiger partial charge in [0.1, 0.15) is 18.5 Å². The van der Waals surface area contributed by atoms with Gasteiger partial charge in [-0.2, -0.15) is 5.10 Å². The molecule has 0 aliphatic rings. The molecule has 4 aromatic rings. The molecule has 2 aromatic heterocycles. The molecule has 0 fully saturated rings. The highest BCUT2D eigenvalue weighted by molar-refractivity contribution is 6.01. The Bertz CT molecular complexity index is 1030. The van der Waals surface area contributed by atoms with Crippen molar-refractivity contribution >= 4 is 17.1 Å². The second-order valence-electron chi connectivity index (χ2n) is 5.82. The summed E-state index contributed by atoms with van der Waals surface area (Å²) in [5.41, 5.74) is 4.32. The normalized spacial score (nSPS) is 11.6. The van der Waals surface area contributed by atoms with Gasteiger partial charge in [0.05, 0.1) is 6.21 Å². The Kier molecular flexibility index (Phi) is 3.85. The Hall–Kier alpha value is -3.28. The lowest BCUT2D eigenvalue weighted by atomic mass is 10.1. The van der Waals surface area contributed by atoms with Gasteiger partial charge in [0.15, 0.2) is 0 Å². The summed E-state index contributed by atoms with van der Waals surface area (Å²) < 4.78 is 16.9. The van der Waals surface area contributed by atoms with Crippen molar-refractivity contribution in [3.63, 3.8) is 0 Å². The first-order chi connectivity index (χ1) is 12.2. The molecule has 0 unspecified atom stereocenters. The summed E-state index contributed by atoms with van der Waals surface area (Å²) in [6.07, 6.45) is 4.91. The molecule has 0 radical (unpaired) electrons. The average molecular weight is 333 g/mol. The zero-order chi connectivity index (χ0) is 17.2. The fourth-order valence-corrected chi connectivity index (χ4v) is 2.98. The zero-order valence-corrected chi connectivity index (χ0v) is 13.7. The molecular weight excluding hydrogens is 317 g/mol. The standard InChI is InChI=1S/C19H16FN5/c1-14-18(10-23-24-12-21-22-13-24)17-4-2-3-5-19(17)25(14)11-15-6-8-16(20)9-7-15/h2-10,12-13H,11H2,1H3/b23-10-. The molecule has 25 heavy (non-hydrogen) atoms. The molecule has 0 atom stereocenters. The van der Waals surface area contributed by atoms with E-state index in [4.69, 9.17) is 0 Å². The molecule has 0 aliphatic carbocycles. The number of rotatable bonds is 4. The molecule has 0 bridgehead atoms. The van der Waals surface area contributed by atoms with E-state index in [1.165, 1.54) is 12.1 Å². The van der Waals surface area contributed by atoms with E-state index in [2.05, 4.69) is 38.9 Å². The van der Waals surface area contributed by atoms with Crippen LogP contribution in [0.4, 0.5) is 4.39 Å². The lowest BCUT2D eigenvalue weighted by Gasteiger charge is -2.08. The van der Waals surface area contributed by atoms with Gasteiger partial charge in [0, 0.05) is 28.7 Å². The van der Waals surface area contributed by atoms with Gasteiger partial charge < -0.3 is 4.57 Å². The van der Waals surface area contributed by atoms with Gasteiger partial charge in [-0.3, -0.25) is 0 Å². The summed E-state index contributed by atoms with van der Waals surface area (Å²) >= 11 is 0. The van der Waals surface area contributed by atoms with Gasteiger partial charge in [-0.25, -0.2) is 9.07 Å². The van der Waals surface area contributed by atoms with Crippen LogP contribution in [0.1, 0.15) is 16.8 Å². The van der Waals surface area contributed by atoms with Gasteiger partial charge >= 0.3 is 0 Å². The first-order valence-electron chi connectivity index (χ1n) is 7.93. The van der Waals surface area contributed by atoms with Crippen LogP contribution in [0.3, 0.4) is 0 Å². The minimum Gasteiger partial charge on any atom is -0.340 e. The van der Waals surface area contributed by atoms with Gasteiger partial charge in [-0.05, 0) is 30.7 Å². The van der Waals surface area contributed by atoms with Crippen LogP contribution in [0.2, 0.25) is 0 Å². The Balaban J connectivity index is 1.79. The van der Waals surface area contributed by atoms with E-state index in [1.807, 2.05) is 30.5 Å². The molecule has 0 saturated carbocycles. The minimum atomic E-state index is -0.223. The van der Waals surface area contributed by atoms with Crippen LogP contribution >= 0.6 is 0 Å². The quantitative estimate of drug-likeness (QED) is 0.536. The summed E-state index contributed by atoms with van der Waals surface area (Å²) in [7, 11) is 0. The van der Waals surface area contributed by atoms with Gasteiger partial charge in [-0.15, -0.1) is 10.2 Å². The first kappa shape index (κ1) is 15.3. The second kappa shape index (κ2) is 6.32. The molecule has 5 nitrogen and oxygen atoms in total. The molecule has 4 rings (SSSR count). The lowest BCUT2D eigenvalue weighted by Crippen LogP contribution is -2.02. The Morgan fingerprint density at radius 3 is 2.52 bits per heavy atom. The Morgan fingerprint density at radius 1 is 1.04 bits per heavy atom. The largest absolute Gasteiger partial charge is 0.340 e. The number of para-hydroxylation sites is 1. The molecule has 124 valence electrons. The van der Waals surface area contributed by atoms with Crippen molar-refractivity contribution in [2.45, 2.75) is 13.5 Å². The number of aromatic nitrogens is 4. The van der Waals surface area contributed by atoms with E-state index in [0.29, 0.717) is 6.54 Å². The summed E-state index contributed by atoms with van der Waals surface area (Å²) in [6.45, 7) is 2.74. The summed E-state index contributed by atoms with van der Waals surface area (Å²) in [6, 6.07) is 14.8. The molecule has 0 spiro atoms. The number of benzene rings is 2. The van der Waals surface area contributed by atoms with E-state index in [9.17, 15) is 4.39 Å². The third-order valence-electron chi connectivity index (χ3n) is 4.26. The Labute approximate surface area is 144 Å². The lowest BCUT2D eigenvalue weighted by molar-refractivity contribution is 0.626. The van der Waals surface area contributed by atoms with E-state index >= 15 is 0 Å². The highest BCUT2D eigenvalue weighted by atomic mass is 19.1. The number of hydrogen-bond donors (Lipinski definition) is 0. The Morgan fingerprint density at radius 2 is 1.76 bits per heavy atom. The van der Waals surface area contributed by atoms with Crippen molar-refractivity contribution in [1.82, 2.24) is 19.4 Å². The van der Waals surface area contributed by atoms with Crippen molar-refractivity contribution in [3.05, 3.63) is 83.8 Å². The third kappa shape index (κ3) is 2.94. The van der Waals surface area contributed by atoms with Crippen molar-refractivity contribution in [3.8, 4) is 0 Å². The fraction of sp³-hybridized carbons (Fsp3) is 0.105. The topological polar surface area (TPSA) is 48.0 Å². The zero-order valence-electron chi connectivity index (χ0n) is 13.7. The van der Waals surface area contributed by atoms with Crippen LogP contribution < -0.4 is 0 Å². The smallest absolute Gasteiger partial charge is 0.141 e. The van der Waals surface area contributed by atoms with Crippen LogP contribution in [0.5, 0.6) is 0 Å². The molecule has 2 aromatic carbocycles. The molecule has 0 amide bonds. The third-order valence-corrected chi connectivity index (χ3v) is 4.26. The molecule has 2 heterocycles. The van der Waals surface area contributed by atoms with Crippen LogP contribution in [0, 0.1) is 12.7 Å². The number of nitrogens with zero attached hydrogens (tertiary/aromatic N) is 5. The van der Waals surface area contributed by atoms with E-state index in [-0.39, 0.29) is 5.82 Å². The van der Waals surface area contributed by atoms with Crippen LogP contribution in [0.25, 0.3) is 10.9 Å². The minimum absolute atomic E-state index is 0.223. The fourth-order valence-electron chi connectivity index (χ4n) is 2.98. The predicted octanol–water partition coefficient (Wildman–Crippen LogP) is 3.61. The van der Waals surface area contributed by atoms with Gasteiger partial charge in [0.25, 0.3) is 0 Å². The second-order valence-corrected chi connectivity index (χ2v) is 5.82. The maximum atomic E-state index is 13.2. The van der Waals surface area contributed by atoms with Crippen molar-refractivity contribution < 1.29 is 4.39 Å². The number of fused-ring (bicyclic) bond motifs is 1. The molecular formula is C19H16FN5. The monoisotopic (exact) mass is 333 g/mol. The van der Waals surface area contributed by atoms with Gasteiger partial charge in [-0.1, -0.05) is 30.3 Å². The molecule has 6 heteroatoms. The molecule has 0 N–H and O–H groups in total.